The number of hydrogen-bond acceptors (Lipinski definition) is 3. The summed E-state index contributed by atoms with van der Waals surface area (Å²) in [5.41, 5.74) is 1.45. The van der Waals surface area contributed by atoms with Gasteiger partial charge >= 0.3 is 5.97 Å². The van der Waals surface area contributed by atoms with Crippen LogP contribution in [-0.4, -0.2) is 19.4 Å². The van der Waals surface area contributed by atoms with Crippen LogP contribution in [0, 0.1) is 0 Å². The Morgan fingerprint density at radius 3 is 2.12 bits per heavy atom. The summed E-state index contributed by atoms with van der Waals surface area (Å²) in [7, 11) is 1.36. The first-order valence-corrected chi connectivity index (χ1v) is 5.32. The molecule has 0 aliphatic carbocycles. The third-order valence-corrected chi connectivity index (χ3v) is 2.13. The summed E-state index contributed by atoms with van der Waals surface area (Å²) in [6, 6.07) is 6.88. The lowest BCUT2D eigenvalue weighted by atomic mass is 10.0. The van der Waals surface area contributed by atoms with Crippen molar-refractivity contribution in [2.24, 2.45) is 0 Å². The Hall–Kier alpha value is -1.64. The lowest BCUT2D eigenvalue weighted by molar-refractivity contribution is -0.141. The molecule has 0 aliphatic heterocycles. The molecule has 0 heterocycles. The summed E-state index contributed by atoms with van der Waals surface area (Å²) in [4.78, 5) is 21.6. The van der Waals surface area contributed by atoms with Crippen molar-refractivity contribution >= 4 is 12.3 Å². The molecule has 0 aliphatic rings. The van der Waals surface area contributed by atoms with Gasteiger partial charge in [-0.2, -0.15) is 0 Å². The fourth-order valence-electron chi connectivity index (χ4n) is 1.18. The predicted molar refractivity (Wildman–Crippen MR) is 63.6 cm³/mol. The lowest BCUT2D eigenvalue weighted by Gasteiger charge is -2.08. The molecule has 3 nitrogen and oxygen atoms in total. The number of methoxy groups -OCH3 is 1. The summed E-state index contributed by atoms with van der Waals surface area (Å²) >= 11 is 0. The van der Waals surface area contributed by atoms with Crippen LogP contribution in [0.2, 0.25) is 0 Å². The van der Waals surface area contributed by atoms with Gasteiger partial charge in [-0.1, -0.05) is 38.1 Å². The van der Waals surface area contributed by atoms with Gasteiger partial charge in [0.05, 0.1) is 13.0 Å². The maximum Gasteiger partial charge on any atom is 0.312 e. The zero-order chi connectivity index (χ0) is 12.6. The molecular weight excluding hydrogens is 204 g/mol. The van der Waals surface area contributed by atoms with Gasteiger partial charge in [0.2, 0.25) is 0 Å². The average Bonchev–Trinajstić information content (AvgIpc) is 2.39. The number of carbonyl (C=O) groups excluding carboxylic acids is 2. The first kappa shape index (κ1) is 14.4. The third-order valence-electron chi connectivity index (χ3n) is 2.13. The van der Waals surface area contributed by atoms with Crippen LogP contribution in [0.4, 0.5) is 0 Å². The van der Waals surface area contributed by atoms with E-state index < -0.39 is 0 Å². The van der Waals surface area contributed by atoms with E-state index in [1.54, 1.807) is 31.2 Å². The molecule has 1 aromatic carbocycles. The van der Waals surface area contributed by atoms with E-state index in [4.69, 9.17) is 0 Å². The van der Waals surface area contributed by atoms with Crippen molar-refractivity contribution < 1.29 is 14.3 Å². The van der Waals surface area contributed by atoms with Crippen molar-refractivity contribution in [2.75, 3.05) is 7.11 Å². The molecular formula is C13H18O3. The van der Waals surface area contributed by atoms with Crippen LogP contribution in [0.25, 0.3) is 0 Å². The number of carbonyl (C=O) groups is 2. The van der Waals surface area contributed by atoms with E-state index in [1.807, 2.05) is 13.8 Å². The van der Waals surface area contributed by atoms with Gasteiger partial charge in [-0.25, -0.2) is 0 Å². The Bertz CT molecular complexity index is 328. The number of aldehydes is 1. The molecule has 1 atom stereocenters. The normalized spacial score (nSPS) is 10.8. The first-order valence-electron chi connectivity index (χ1n) is 5.32. The number of hydrogen-bond donors (Lipinski definition) is 0. The van der Waals surface area contributed by atoms with Gasteiger partial charge in [-0.3, -0.25) is 9.59 Å². The first-order chi connectivity index (χ1) is 7.69. The van der Waals surface area contributed by atoms with Gasteiger partial charge in [-0.05, 0) is 12.5 Å². The Morgan fingerprint density at radius 1 is 1.25 bits per heavy atom. The molecule has 1 rings (SSSR count). The zero-order valence-electron chi connectivity index (χ0n) is 10.2. The molecule has 0 radical (unpaired) electrons. The number of benzene rings is 1. The monoisotopic (exact) mass is 222 g/mol. The Kier molecular flexibility index (Phi) is 6.84. The SMILES string of the molecule is CC.COC(=O)C(C)c1ccc(C=O)cc1. The predicted octanol–water partition coefficient (Wildman–Crippen LogP) is 2.80. The van der Waals surface area contributed by atoms with E-state index in [0.717, 1.165) is 11.8 Å². The average molecular weight is 222 g/mol. The van der Waals surface area contributed by atoms with E-state index in [9.17, 15) is 9.59 Å². The second-order valence-electron chi connectivity index (χ2n) is 3.03. The van der Waals surface area contributed by atoms with Gasteiger partial charge in [0.1, 0.15) is 6.29 Å². The van der Waals surface area contributed by atoms with Gasteiger partial charge in [-0.15, -0.1) is 0 Å². The van der Waals surface area contributed by atoms with Crippen molar-refractivity contribution in [3.05, 3.63) is 35.4 Å². The van der Waals surface area contributed by atoms with E-state index in [0.29, 0.717) is 5.56 Å². The third kappa shape index (κ3) is 3.85. The number of rotatable bonds is 3. The topological polar surface area (TPSA) is 43.4 Å². The van der Waals surface area contributed by atoms with Gasteiger partial charge in [0.25, 0.3) is 0 Å². The van der Waals surface area contributed by atoms with Crippen molar-refractivity contribution in [3.8, 4) is 0 Å². The van der Waals surface area contributed by atoms with Gasteiger partial charge < -0.3 is 4.74 Å². The molecule has 0 N–H and O–H groups in total. The van der Waals surface area contributed by atoms with E-state index >= 15 is 0 Å². The highest BCUT2D eigenvalue weighted by molar-refractivity contribution is 5.79. The quantitative estimate of drug-likeness (QED) is 0.583. The molecule has 0 saturated carbocycles. The minimum atomic E-state index is -0.291. The number of ether oxygens (including phenoxy) is 1. The van der Waals surface area contributed by atoms with Crippen molar-refractivity contribution in [2.45, 2.75) is 26.7 Å². The minimum absolute atomic E-state index is 0.274. The molecule has 0 amide bonds. The van der Waals surface area contributed by atoms with Crippen LogP contribution in [0.5, 0.6) is 0 Å². The maximum absolute atomic E-state index is 11.2. The Balaban J connectivity index is 0.00000106. The molecule has 1 unspecified atom stereocenters. The van der Waals surface area contributed by atoms with Crippen LogP contribution in [0.1, 0.15) is 42.6 Å². The molecule has 16 heavy (non-hydrogen) atoms. The van der Waals surface area contributed by atoms with Gasteiger partial charge in [0, 0.05) is 5.56 Å². The van der Waals surface area contributed by atoms with E-state index in [2.05, 4.69) is 4.74 Å². The smallest absolute Gasteiger partial charge is 0.312 e. The lowest BCUT2D eigenvalue weighted by Crippen LogP contribution is -2.10. The highest BCUT2D eigenvalue weighted by atomic mass is 16.5. The van der Waals surface area contributed by atoms with Crippen molar-refractivity contribution in [1.29, 1.82) is 0 Å². The summed E-state index contributed by atoms with van der Waals surface area (Å²) in [6.07, 6.45) is 0.770. The van der Waals surface area contributed by atoms with E-state index in [-0.39, 0.29) is 11.9 Å². The molecule has 0 saturated heterocycles. The summed E-state index contributed by atoms with van der Waals surface area (Å²) in [5, 5.41) is 0. The van der Waals surface area contributed by atoms with Crippen LogP contribution >= 0.6 is 0 Å². The molecule has 1 aromatic rings. The zero-order valence-corrected chi connectivity index (χ0v) is 10.2. The molecule has 0 aromatic heterocycles. The van der Waals surface area contributed by atoms with Crippen LogP contribution in [-0.2, 0) is 9.53 Å². The molecule has 3 heteroatoms. The fourth-order valence-corrected chi connectivity index (χ4v) is 1.18. The highest BCUT2D eigenvalue weighted by Gasteiger charge is 2.14. The second-order valence-corrected chi connectivity index (χ2v) is 3.03. The standard InChI is InChI=1S/C11H12O3.C2H6/c1-8(11(13)14-2)10-5-3-9(7-12)4-6-10;1-2/h3-8H,1-2H3;1-2H3. The maximum atomic E-state index is 11.2. The van der Waals surface area contributed by atoms with Crippen LogP contribution in [0.15, 0.2) is 24.3 Å². The molecule has 0 fully saturated rings. The molecule has 0 bridgehead atoms. The Morgan fingerprint density at radius 2 is 1.75 bits per heavy atom. The van der Waals surface area contributed by atoms with Gasteiger partial charge in [0.15, 0.2) is 0 Å². The van der Waals surface area contributed by atoms with Crippen LogP contribution < -0.4 is 0 Å². The minimum Gasteiger partial charge on any atom is -0.469 e. The highest BCUT2D eigenvalue weighted by Crippen LogP contribution is 2.16. The fraction of sp³-hybridized carbons (Fsp3) is 0.385. The van der Waals surface area contributed by atoms with Crippen molar-refractivity contribution in [1.82, 2.24) is 0 Å². The summed E-state index contributed by atoms with van der Waals surface area (Å²) in [6.45, 7) is 5.77. The van der Waals surface area contributed by atoms with Crippen molar-refractivity contribution in [3.63, 3.8) is 0 Å². The molecule has 88 valence electrons. The van der Waals surface area contributed by atoms with Crippen LogP contribution in [0.3, 0.4) is 0 Å². The van der Waals surface area contributed by atoms with E-state index in [1.165, 1.54) is 7.11 Å². The summed E-state index contributed by atoms with van der Waals surface area (Å²) < 4.78 is 4.61. The largest absolute Gasteiger partial charge is 0.469 e. The second kappa shape index (κ2) is 7.63. The summed E-state index contributed by atoms with van der Waals surface area (Å²) in [5.74, 6) is -0.565. The number of esters is 1. The Labute approximate surface area is 96.4 Å². The molecule has 0 spiro atoms.